The van der Waals surface area contributed by atoms with Gasteiger partial charge in [-0.3, -0.25) is 9.69 Å². The molecule has 0 spiro atoms. The molecule has 2 aromatic rings. The van der Waals surface area contributed by atoms with Crippen molar-refractivity contribution < 1.29 is 9.90 Å². The third-order valence-corrected chi connectivity index (χ3v) is 3.70. The zero-order valence-electron chi connectivity index (χ0n) is 11.9. The zero-order chi connectivity index (χ0) is 15.7. The minimum atomic E-state index is -0.206. The molecule has 0 bridgehead atoms. The Kier molecular flexibility index (Phi) is 3.65. The lowest BCUT2D eigenvalue weighted by Crippen LogP contribution is -2.30. The fourth-order valence-electron chi connectivity index (χ4n) is 2.35. The number of benzene rings is 2. The SMILES string of the molecule is Cc1ccccc1N1C(=O)/C(=C\c2cccc(O)c2)NC1=S. The number of amides is 1. The molecular weight excluding hydrogens is 296 g/mol. The van der Waals surface area contributed by atoms with Crippen molar-refractivity contribution in [3.8, 4) is 5.75 Å². The van der Waals surface area contributed by atoms with Gasteiger partial charge in [-0.2, -0.15) is 0 Å². The normalized spacial score (nSPS) is 16.2. The lowest BCUT2D eigenvalue weighted by atomic mass is 10.1. The fourth-order valence-corrected chi connectivity index (χ4v) is 2.64. The number of nitrogens with one attached hydrogen (secondary N) is 1. The molecule has 5 heteroatoms. The first-order chi connectivity index (χ1) is 10.6. The minimum absolute atomic E-state index is 0.151. The van der Waals surface area contributed by atoms with Crippen LogP contribution in [0.4, 0.5) is 5.69 Å². The average Bonchev–Trinajstić information content (AvgIpc) is 2.74. The Morgan fingerprint density at radius 3 is 2.68 bits per heavy atom. The van der Waals surface area contributed by atoms with E-state index in [1.807, 2.05) is 31.2 Å². The molecule has 110 valence electrons. The van der Waals surface area contributed by atoms with E-state index in [0.717, 1.165) is 16.8 Å². The quantitative estimate of drug-likeness (QED) is 0.661. The number of aromatic hydroxyl groups is 1. The van der Waals surface area contributed by atoms with Gasteiger partial charge in [-0.25, -0.2) is 0 Å². The first-order valence-electron chi connectivity index (χ1n) is 6.78. The van der Waals surface area contributed by atoms with Crippen LogP contribution in [0.5, 0.6) is 5.75 Å². The highest BCUT2D eigenvalue weighted by Crippen LogP contribution is 2.25. The summed E-state index contributed by atoms with van der Waals surface area (Å²) in [5, 5.41) is 12.8. The number of carbonyl (C=O) groups excluding carboxylic acids is 1. The van der Waals surface area contributed by atoms with Gasteiger partial charge in [0.05, 0.1) is 5.69 Å². The summed E-state index contributed by atoms with van der Waals surface area (Å²) in [5.41, 5.74) is 2.85. The largest absolute Gasteiger partial charge is 0.508 e. The molecule has 0 radical (unpaired) electrons. The van der Waals surface area contributed by atoms with Crippen LogP contribution in [0.2, 0.25) is 0 Å². The minimum Gasteiger partial charge on any atom is -0.508 e. The number of hydrogen-bond donors (Lipinski definition) is 2. The molecule has 0 atom stereocenters. The molecule has 0 aromatic heterocycles. The molecule has 1 saturated heterocycles. The van der Waals surface area contributed by atoms with E-state index in [-0.39, 0.29) is 11.7 Å². The van der Waals surface area contributed by atoms with Crippen molar-refractivity contribution in [3.63, 3.8) is 0 Å². The number of rotatable bonds is 2. The lowest BCUT2D eigenvalue weighted by Gasteiger charge is -2.16. The van der Waals surface area contributed by atoms with Crippen molar-refractivity contribution in [2.45, 2.75) is 6.92 Å². The molecule has 1 heterocycles. The van der Waals surface area contributed by atoms with Gasteiger partial charge in [-0.1, -0.05) is 30.3 Å². The fraction of sp³-hybridized carbons (Fsp3) is 0.0588. The highest BCUT2D eigenvalue weighted by molar-refractivity contribution is 7.80. The molecule has 2 N–H and O–H groups in total. The van der Waals surface area contributed by atoms with Gasteiger partial charge in [0, 0.05) is 0 Å². The van der Waals surface area contributed by atoms with Gasteiger partial charge in [0.25, 0.3) is 5.91 Å². The Morgan fingerprint density at radius 1 is 1.18 bits per heavy atom. The molecule has 1 aliphatic heterocycles. The van der Waals surface area contributed by atoms with E-state index in [0.29, 0.717) is 10.8 Å². The molecule has 2 aromatic carbocycles. The van der Waals surface area contributed by atoms with E-state index >= 15 is 0 Å². The lowest BCUT2D eigenvalue weighted by molar-refractivity contribution is -0.113. The second kappa shape index (κ2) is 5.61. The van der Waals surface area contributed by atoms with Gasteiger partial charge in [-0.05, 0) is 54.5 Å². The van der Waals surface area contributed by atoms with Crippen molar-refractivity contribution in [1.82, 2.24) is 5.32 Å². The summed E-state index contributed by atoms with van der Waals surface area (Å²) in [6, 6.07) is 14.3. The number of nitrogens with zero attached hydrogens (tertiary/aromatic N) is 1. The van der Waals surface area contributed by atoms with E-state index in [2.05, 4.69) is 5.32 Å². The molecular formula is C17H14N2O2S. The first-order valence-corrected chi connectivity index (χ1v) is 7.19. The highest BCUT2D eigenvalue weighted by Gasteiger charge is 2.32. The molecule has 1 fully saturated rings. The second-order valence-electron chi connectivity index (χ2n) is 5.01. The van der Waals surface area contributed by atoms with Crippen LogP contribution in [0.25, 0.3) is 6.08 Å². The third-order valence-electron chi connectivity index (χ3n) is 3.42. The summed E-state index contributed by atoms with van der Waals surface area (Å²) in [4.78, 5) is 14.1. The van der Waals surface area contributed by atoms with Crippen molar-refractivity contribution in [2.24, 2.45) is 0 Å². The van der Waals surface area contributed by atoms with E-state index in [1.165, 1.54) is 4.90 Å². The Bertz CT molecular complexity index is 799. The predicted molar refractivity (Wildman–Crippen MR) is 90.5 cm³/mol. The van der Waals surface area contributed by atoms with E-state index < -0.39 is 0 Å². The van der Waals surface area contributed by atoms with Crippen LogP contribution in [-0.2, 0) is 4.79 Å². The number of hydrogen-bond acceptors (Lipinski definition) is 3. The van der Waals surface area contributed by atoms with Crippen molar-refractivity contribution in [1.29, 1.82) is 0 Å². The molecule has 22 heavy (non-hydrogen) atoms. The van der Waals surface area contributed by atoms with Gasteiger partial charge < -0.3 is 10.4 Å². The highest BCUT2D eigenvalue weighted by atomic mass is 32.1. The van der Waals surface area contributed by atoms with E-state index in [9.17, 15) is 9.90 Å². The van der Waals surface area contributed by atoms with Crippen molar-refractivity contribution in [3.05, 3.63) is 65.4 Å². The molecule has 0 aliphatic carbocycles. The zero-order valence-corrected chi connectivity index (χ0v) is 12.7. The van der Waals surface area contributed by atoms with Crippen molar-refractivity contribution >= 4 is 35.0 Å². The maximum Gasteiger partial charge on any atom is 0.281 e. The first kappa shape index (κ1) is 14.3. The summed E-state index contributed by atoms with van der Waals surface area (Å²) in [7, 11) is 0. The third kappa shape index (κ3) is 2.58. The molecule has 1 aliphatic rings. The topological polar surface area (TPSA) is 52.6 Å². The van der Waals surface area contributed by atoms with Crippen LogP contribution in [0.15, 0.2) is 54.2 Å². The van der Waals surface area contributed by atoms with Gasteiger partial charge in [-0.15, -0.1) is 0 Å². The van der Waals surface area contributed by atoms with Gasteiger partial charge in [0.2, 0.25) is 0 Å². The maximum absolute atomic E-state index is 12.6. The Labute approximate surface area is 133 Å². The molecule has 4 nitrogen and oxygen atoms in total. The van der Waals surface area contributed by atoms with Gasteiger partial charge in [0.15, 0.2) is 5.11 Å². The number of para-hydroxylation sites is 1. The van der Waals surface area contributed by atoms with E-state index in [4.69, 9.17) is 12.2 Å². The van der Waals surface area contributed by atoms with Gasteiger partial charge in [0.1, 0.15) is 11.4 Å². The summed E-state index contributed by atoms with van der Waals surface area (Å²) in [5.74, 6) is -0.0548. The average molecular weight is 310 g/mol. The second-order valence-corrected chi connectivity index (χ2v) is 5.40. The van der Waals surface area contributed by atoms with Crippen LogP contribution in [0.1, 0.15) is 11.1 Å². The summed E-state index contributed by atoms with van der Waals surface area (Å²) in [6.07, 6.45) is 1.67. The molecule has 0 saturated carbocycles. The Hall–Kier alpha value is -2.66. The van der Waals surface area contributed by atoms with Crippen molar-refractivity contribution in [2.75, 3.05) is 4.90 Å². The van der Waals surface area contributed by atoms with Crippen LogP contribution < -0.4 is 10.2 Å². The molecule has 0 unspecified atom stereocenters. The van der Waals surface area contributed by atoms with Crippen LogP contribution in [0.3, 0.4) is 0 Å². The molecule has 1 amide bonds. The number of phenols is 1. The maximum atomic E-state index is 12.6. The number of thiocarbonyl (C=S) groups is 1. The Balaban J connectivity index is 1.97. The number of carbonyl (C=O) groups is 1. The van der Waals surface area contributed by atoms with Crippen LogP contribution in [0, 0.1) is 6.92 Å². The predicted octanol–water partition coefficient (Wildman–Crippen LogP) is 2.96. The number of aryl methyl sites for hydroxylation is 1. The number of phenolic OH excluding ortho intramolecular Hbond substituents is 1. The standard InChI is InChI=1S/C17H14N2O2S/c1-11-5-2-3-8-15(11)19-16(21)14(18-17(19)22)10-12-6-4-7-13(20)9-12/h2-10,20H,1H3,(H,18,22)/b14-10+. The van der Waals surface area contributed by atoms with Crippen LogP contribution >= 0.6 is 12.2 Å². The molecule has 3 rings (SSSR count). The van der Waals surface area contributed by atoms with Crippen LogP contribution in [-0.4, -0.2) is 16.1 Å². The Morgan fingerprint density at radius 2 is 1.95 bits per heavy atom. The van der Waals surface area contributed by atoms with E-state index in [1.54, 1.807) is 30.3 Å². The van der Waals surface area contributed by atoms with Gasteiger partial charge >= 0.3 is 0 Å². The number of anilines is 1. The smallest absolute Gasteiger partial charge is 0.281 e. The summed E-state index contributed by atoms with van der Waals surface area (Å²) >= 11 is 5.28. The monoisotopic (exact) mass is 310 g/mol. The summed E-state index contributed by atoms with van der Waals surface area (Å²) in [6.45, 7) is 1.93. The summed E-state index contributed by atoms with van der Waals surface area (Å²) < 4.78 is 0.